The lowest BCUT2D eigenvalue weighted by atomic mass is 10.1. The normalized spacial score (nSPS) is 13.2. The molecular weight excluding hydrogens is 193 g/mol. The van der Waals surface area contributed by atoms with E-state index < -0.39 is 0 Å². The summed E-state index contributed by atoms with van der Waals surface area (Å²) in [5.41, 5.74) is 1.73. The second-order valence-electron chi connectivity index (χ2n) is 4.14. The van der Waals surface area contributed by atoms with Gasteiger partial charge in [-0.05, 0) is 27.0 Å². The summed E-state index contributed by atoms with van der Waals surface area (Å²) >= 11 is 0. The zero-order valence-corrected chi connectivity index (χ0v) is 9.50. The molecule has 2 nitrogen and oxygen atoms in total. The second kappa shape index (κ2) is 5.24. The van der Waals surface area contributed by atoms with Gasteiger partial charge in [0.2, 0.25) is 0 Å². The first kappa shape index (κ1) is 12.1. The predicted molar refractivity (Wildman–Crippen MR) is 59.2 cm³/mol. The topological polar surface area (TPSA) is 23.5 Å². The van der Waals surface area contributed by atoms with Gasteiger partial charge in [0.25, 0.3) is 0 Å². The van der Waals surface area contributed by atoms with Crippen molar-refractivity contribution in [2.75, 3.05) is 13.6 Å². The number of aliphatic hydroxyl groups is 1. The Labute approximate surface area is 90.3 Å². The van der Waals surface area contributed by atoms with Crippen LogP contribution in [0.2, 0.25) is 0 Å². The summed E-state index contributed by atoms with van der Waals surface area (Å²) in [6, 6.07) is 5.09. The number of hydrogen-bond acceptors (Lipinski definition) is 2. The molecular formula is C12H18FNO. The summed E-state index contributed by atoms with van der Waals surface area (Å²) in [5, 5.41) is 9.19. The van der Waals surface area contributed by atoms with Crippen molar-refractivity contribution >= 4 is 0 Å². The fourth-order valence-electron chi connectivity index (χ4n) is 1.63. The average Bonchev–Trinajstić information content (AvgIpc) is 2.10. The third kappa shape index (κ3) is 3.98. The number of benzene rings is 1. The minimum Gasteiger partial charge on any atom is -0.392 e. The lowest BCUT2D eigenvalue weighted by Gasteiger charge is -2.18. The average molecular weight is 211 g/mol. The standard InChI is InChI=1S/C12H18FNO/c1-9-4-5-12(13)11(6-9)8-14(3)7-10(2)15/h4-6,10,15H,7-8H2,1-3H3/t10-/m1/s1. The SMILES string of the molecule is Cc1ccc(F)c(CN(C)C[C@@H](C)O)c1. The van der Waals surface area contributed by atoms with Crippen LogP contribution in [-0.4, -0.2) is 29.7 Å². The summed E-state index contributed by atoms with van der Waals surface area (Å²) in [6.45, 7) is 4.74. The van der Waals surface area contributed by atoms with Crippen LogP contribution in [0.15, 0.2) is 18.2 Å². The number of nitrogens with zero attached hydrogens (tertiary/aromatic N) is 1. The van der Waals surface area contributed by atoms with Crippen molar-refractivity contribution in [3.05, 3.63) is 35.1 Å². The molecule has 0 spiro atoms. The molecule has 0 heterocycles. The molecule has 0 radical (unpaired) electrons. The Morgan fingerprint density at radius 1 is 1.47 bits per heavy atom. The van der Waals surface area contributed by atoms with Gasteiger partial charge in [0.05, 0.1) is 6.10 Å². The van der Waals surface area contributed by atoms with Crippen LogP contribution in [0.25, 0.3) is 0 Å². The molecule has 1 N–H and O–H groups in total. The molecule has 0 aliphatic carbocycles. The van der Waals surface area contributed by atoms with E-state index in [4.69, 9.17) is 0 Å². The molecule has 0 aliphatic heterocycles. The highest BCUT2D eigenvalue weighted by Gasteiger charge is 2.07. The second-order valence-corrected chi connectivity index (χ2v) is 4.14. The molecule has 1 rings (SSSR count). The zero-order chi connectivity index (χ0) is 11.4. The Morgan fingerprint density at radius 3 is 2.73 bits per heavy atom. The molecule has 15 heavy (non-hydrogen) atoms. The molecule has 1 atom stereocenters. The summed E-state index contributed by atoms with van der Waals surface area (Å²) < 4.78 is 13.4. The quantitative estimate of drug-likeness (QED) is 0.822. The van der Waals surface area contributed by atoms with Gasteiger partial charge >= 0.3 is 0 Å². The number of hydrogen-bond donors (Lipinski definition) is 1. The lowest BCUT2D eigenvalue weighted by molar-refractivity contribution is 0.137. The molecule has 0 aliphatic rings. The molecule has 1 aromatic rings. The first-order chi connectivity index (χ1) is 6.99. The van der Waals surface area contributed by atoms with Gasteiger partial charge < -0.3 is 5.11 Å². The van der Waals surface area contributed by atoms with Crippen molar-refractivity contribution in [2.24, 2.45) is 0 Å². The Balaban J connectivity index is 2.67. The van der Waals surface area contributed by atoms with E-state index >= 15 is 0 Å². The third-order valence-corrected chi connectivity index (χ3v) is 2.22. The first-order valence-electron chi connectivity index (χ1n) is 5.10. The van der Waals surface area contributed by atoms with Crippen molar-refractivity contribution in [1.29, 1.82) is 0 Å². The maximum Gasteiger partial charge on any atom is 0.127 e. The number of rotatable bonds is 4. The van der Waals surface area contributed by atoms with Gasteiger partial charge in [-0.1, -0.05) is 17.7 Å². The Morgan fingerprint density at radius 2 is 2.13 bits per heavy atom. The summed E-state index contributed by atoms with van der Waals surface area (Å²) in [6.07, 6.45) is -0.386. The maximum atomic E-state index is 13.4. The van der Waals surface area contributed by atoms with Gasteiger partial charge in [0.15, 0.2) is 0 Å². The van der Waals surface area contributed by atoms with Crippen LogP contribution in [0.1, 0.15) is 18.1 Å². The highest BCUT2D eigenvalue weighted by atomic mass is 19.1. The Hall–Kier alpha value is -0.930. The van der Waals surface area contributed by atoms with Gasteiger partial charge in [-0.3, -0.25) is 4.90 Å². The van der Waals surface area contributed by atoms with Crippen molar-refractivity contribution < 1.29 is 9.50 Å². The van der Waals surface area contributed by atoms with E-state index in [2.05, 4.69) is 0 Å². The largest absolute Gasteiger partial charge is 0.392 e. The molecule has 0 unspecified atom stereocenters. The molecule has 0 aromatic heterocycles. The van der Waals surface area contributed by atoms with Crippen LogP contribution in [-0.2, 0) is 6.54 Å². The third-order valence-electron chi connectivity index (χ3n) is 2.22. The first-order valence-corrected chi connectivity index (χ1v) is 5.10. The molecule has 0 saturated heterocycles. The van der Waals surface area contributed by atoms with E-state index in [-0.39, 0.29) is 11.9 Å². The van der Waals surface area contributed by atoms with Crippen molar-refractivity contribution in [1.82, 2.24) is 4.90 Å². The molecule has 84 valence electrons. The summed E-state index contributed by atoms with van der Waals surface area (Å²) in [7, 11) is 1.87. The molecule has 0 bridgehead atoms. The van der Waals surface area contributed by atoms with Gasteiger partial charge in [-0.15, -0.1) is 0 Å². The van der Waals surface area contributed by atoms with Gasteiger partial charge in [0.1, 0.15) is 5.82 Å². The van der Waals surface area contributed by atoms with E-state index in [1.165, 1.54) is 6.07 Å². The van der Waals surface area contributed by atoms with Crippen LogP contribution in [0, 0.1) is 12.7 Å². The van der Waals surface area contributed by atoms with Crippen LogP contribution >= 0.6 is 0 Å². The Bertz CT molecular complexity index is 325. The number of aliphatic hydroxyl groups excluding tert-OH is 1. The van der Waals surface area contributed by atoms with E-state index in [0.717, 1.165) is 5.56 Å². The van der Waals surface area contributed by atoms with E-state index in [1.807, 2.05) is 24.9 Å². The fourth-order valence-corrected chi connectivity index (χ4v) is 1.63. The Kier molecular flexibility index (Phi) is 4.24. The molecule has 0 saturated carbocycles. The zero-order valence-electron chi connectivity index (χ0n) is 9.50. The van der Waals surface area contributed by atoms with Crippen molar-refractivity contribution in [3.63, 3.8) is 0 Å². The van der Waals surface area contributed by atoms with Gasteiger partial charge in [-0.25, -0.2) is 4.39 Å². The molecule has 1 aromatic carbocycles. The van der Waals surface area contributed by atoms with Gasteiger partial charge in [-0.2, -0.15) is 0 Å². The fraction of sp³-hybridized carbons (Fsp3) is 0.500. The number of likely N-dealkylation sites (N-methyl/N-ethyl adjacent to an activating group) is 1. The summed E-state index contributed by atoms with van der Waals surface area (Å²) in [5.74, 6) is -0.182. The van der Waals surface area contributed by atoms with Crippen molar-refractivity contribution in [3.8, 4) is 0 Å². The molecule has 0 amide bonds. The summed E-state index contributed by atoms with van der Waals surface area (Å²) in [4.78, 5) is 1.91. The van der Waals surface area contributed by atoms with Crippen LogP contribution in [0.4, 0.5) is 4.39 Å². The highest BCUT2D eigenvalue weighted by molar-refractivity contribution is 5.23. The van der Waals surface area contributed by atoms with Crippen molar-refractivity contribution in [2.45, 2.75) is 26.5 Å². The molecule has 0 fully saturated rings. The number of halogens is 1. The minimum absolute atomic E-state index is 0.182. The van der Waals surface area contributed by atoms with E-state index in [9.17, 15) is 9.50 Å². The minimum atomic E-state index is -0.386. The van der Waals surface area contributed by atoms with Crippen LogP contribution in [0.5, 0.6) is 0 Å². The van der Waals surface area contributed by atoms with E-state index in [0.29, 0.717) is 18.7 Å². The maximum absolute atomic E-state index is 13.4. The van der Waals surface area contributed by atoms with Gasteiger partial charge in [0, 0.05) is 18.7 Å². The lowest BCUT2D eigenvalue weighted by Crippen LogP contribution is -2.27. The van der Waals surface area contributed by atoms with Crippen LogP contribution < -0.4 is 0 Å². The van der Waals surface area contributed by atoms with E-state index in [1.54, 1.807) is 13.0 Å². The van der Waals surface area contributed by atoms with Crippen LogP contribution in [0.3, 0.4) is 0 Å². The monoisotopic (exact) mass is 211 g/mol. The smallest absolute Gasteiger partial charge is 0.127 e. The highest BCUT2D eigenvalue weighted by Crippen LogP contribution is 2.12. The predicted octanol–water partition coefficient (Wildman–Crippen LogP) is 1.95. The number of aryl methyl sites for hydroxylation is 1. The molecule has 3 heteroatoms.